The number of carbonyl (C=O) groups is 4. The highest BCUT2D eigenvalue weighted by molar-refractivity contribution is 9.12. The molecule has 3 aliphatic rings. The molecule has 4 aromatic rings. The van der Waals surface area contributed by atoms with Gasteiger partial charge in [0.25, 0.3) is 5.69 Å². The Balaban J connectivity index is 1.14. The number of anilines is 1. The summed E-state index contributed by atoms with van der Waals surface area (Å²) in [5, 5.41) is 11.5. The summed E-state index contributed by atoms with van der Waals surface area (Å²) in [7, 11) is 0. The Bertz CT molecular complexity index is 1930. The number of ether oxygens (including phenoxy) is 1. The van der Waals surface area contributed by atoms with Crippen molar-refractivity contribution in [2.45, 2.75) is 23.0 Å². The third-order valence-electron chi connectivity index (χ3n) is 9.33. The van der Waals surface area contributed by atoms with Crippen LogP contribution in [0.2, 0.25) is 0 Å². The summed E-state index contributed by atoms with van der Waals surface area (Å²) < 4.78 is 5.41. The van der Waals surface area contributed by atoms with Crippen LogP contribution in [0.15, 0.2) is 72.8 Å². The van der Waals surface area contributed by atoms with Gasteiger partial charge in [-0.25, -0.2) is 9.78 Å². The van der Waals surface area contributed by atoms with Gasteiger partial charge in [0.1, 0.15) is 0 Å². The summed E-state index contributed by atoms with van der Waals surface area (Å²) in [6.45, 7) is 1.33. The molecule has 2 aliphatic carbocycles. The number of benzene rings is 3. The Kier molecular flexibility index (Phi) is 7.59. The molecular formula is C34H25Br2N3O7. The number of nitro benzene ring substituents is 1. The smallest absolute Gasteiger partial charge is 0.339 e. The van der Waals surface area contributed by atoms with Crippen molar-refractivity contribution in [2.75, 3.05) is 11.5 Å². The molecule has 3 aromatic carbocycles. The lowest BCUT2D eigenvalue weighted by molar-refractivity contribution is -0.384. The van der Waals surface area contributed by atoms with E-state index in [0.29, 0.717) is 27.8 Å². The lowest BCUT2D eigenvalue weighted by atomic mass is 9.81. The number of aryl methyl sites for hydroxylation is 1. The second-order valence-electron chi connectivity index (χ2n) is 11.9. The molecule has 7 rings (SSSR count). The summed E-state index contributed by atoms with van der Waals surface area (Å²) in [5.74, 6) is -1.95. The Morgan fingerprint density at radius 3 is 2.17 bits per heavy atom. The molecular weight excluding hydrogens is 722 g/mol. The van der Waals surface area contributed by atoms with E-state index in [2.05, 4.69) is 31.9 Å². The number of alkyl halides is 2. The quantitative estimate of drug-likeness (QED) is 0.0527. The van der Waals surface area contributed by atoms with Crippen molar-refractivity contribution in [1.82, 2.24) is 4.98 Å². The number of hydrogen-bond acceptors (Lipinski definition) is 8. The molecule has 2 saturated carbocycles. The number of pyridine rings is 1. The van der Waals surface area contributed by atoms with E-state index in [1.54, 1.807) is 36.4 Å². The van der Waals surface area contributed by atoms with Crippen molar-refractivity contribution < 1.29 is 28.8 Å². The first-order valence-electron chi connectivity index (χ1n) is 14.7. The number of aromatic nitrogens is 1. The lowest BCUT2D eigenvalue weighted by Gasteiger charge is -2.28. The van der Waals surface area contributed by atoms with Crippen LogP contribution in [0.25, 0.3) is 22.2 Å². The van der Waals surface area contributed by atoms with E-state index in [1.807, 2.05) is 19.1 Å². The maximum Gasteiger partial charge on any atom is 0.339 e. The number of esters is 1. The first-order chi connectivity index (χ1) is 22.0. The SMILES string of the molecule is Cc1ccc2nc(-c3ccc(N4C(=O)C5C6CC(C(Br)C6Br)C5C4=O)cc3)cc(C(=O)OCC(=O)c3ccc([N+](=O)[O-])cc3)c2c1. The molecule has 1 aromatic heterocycles. The Morgan fingerprint density at radius 1 is 0.935 bits per heavy atom. The van der Waals surface area contributed by atoms with Crippen LogP contribution in [-0.4, -0.2) is 49.7 Å². The number of rotatable bonds is 7. The van der Waals surface area contributed by atoms with Gasteiger partial charge in [-0.15, -0.1) is 0 Å². The minimum atomic E-state index is -0.726. The lowest BCUT2D eigenvalue weighted by Crippen LogP contribution is -2.37. The number of nitro groups is 1. The fourth-order valence-corrected chi connectivity index (χ4v) is 8.98. The van der Waals surface area contributed by atoms with Gasteiger partial charge in [-0.3, -0.25) is 29.4 Å². The molecule has 1 saturated heterocycles. The summed E-state index contributed by atoms with van der Waals surface area (Å²) in [6, 6.07) is 19.1. The highest BCUT2D eigenvalue weighted by Crippen LogP contribution is 2.60. The van der Waals surface area contributed by atoms with E-state index in [0.717, 1.165) is 12.0 Å². The van der Waals surface area contributed by atoms with Gasteiger partial charge >= 0.3 is 5.97 Å². The number of amides is 2. The standard InChI is InChI=1S/C34H25Br2N3O7/c1-16-2-11-25-21(12-16)22(34(43)46-15-27(40)18-5-9-20(10-6-18)39(44)45)14-26(37-25)17-3-7-19(8-4-17)38-32(41)28-23-13-24(29(28)33(38)42)31(36)30(23)35/h2-12,14,23-24,28-31H,13,15H2,1H3. The van der Waals surface area contributed by atoms with Crippen LogP contribution < -0.4 is 4.90 Å². The third kappa shape index (κ3) is 4.94. The molecule has 6 atom stereocenters. The first-order valence-corrected chi connectivity index (χ1v) is 16.5. The van der Waals surface area contributed by atoms with Crippen LogP contribution >= 0.6 is 31.9 Å². The van der Waals surface area contributed by atoms with Gasteiger partial charge < -0.3 is 4.74 Å². The van der Waals surface area contributed by atoms with Crippen LogP contribution in [0.1, 0.15) is 32.7 Å². The highest BCUT2D eigenvalue weighted by Gasteiger charge is 2.66. The highest BCUT2D eigenvalue weighted by atomic mass is 79.9. The average Bonchev–Trinajstić information content (AvgIpc) is 3.67. The van der Waals surface area contributed by atoms with Crippen LogP contribution in [0.3, 0.4) is 0 Å². The van der Waals surface area contributed by atoms with Gasteiger partial charge in [0.2, 0.25) is 11.8 Å². The monoisotopic (exact) mass is 745 g/mol. The molecule has 6 unspecified atom stereocenters. The molecule has 12 heteroatoms. The Labute approximate surface area is 279 Å². The average molecular weight is 747 g/mol. The predicted molar refractivity (Wildman–Crippen MR) is 176 cm³/mol. The van der Waals surface area contributed by atoms with E-state index >= 15 is 0 Å². The number of imide groups is 1. The van der Waals surface area contributed by atoms with Gasteiger partial charge in [-0.05, 0) is 67.6 Å². The molecule has 0 radical (unpaired) electrons. The molecule has 2 bridgehead atoms. The van der Waals surface area contributed by atoms with Gasteiger partial charge in [0.15, 0.2) is 12.4 Å². The van der Waals surface area contributed by atoms with Crippen molar-refractivity contribution in [3.8, 4) is 11.3 Å². The molecule has 2 heterocycles. The maximum atomic E-state index is 13.5. The largest absolute Gasteiger partial charge is 0.454 e. The van der Waals surface area contributed by atoms with Crippen molar-refractivity contribution in [1.29, 1.82) is 0 Å². The van der Waals surface area contributed by atoms with Crippen LogP contribution in [-0.2, 0) is 14.3 Å². The van der Waals surface area contributed by atoms with Crippen molar-refractivity contribution in [3.63, 3.8) is 0 Å². The molecule has 2 amide bonds. The minimum absolute atomic E-state index is 0.119. The van der Waals surface area contributed by atoms with Crippen LogP contribution in [0.4, 0.5) is 11.4 Å². The maximum absolute atomic E-state index is 13.5. The van der Waals surface area contributed by atoms with E-state index < -0.39 is 23.3 Å². The number of carbonyl (C=O) groups excluding carboxylic acids is 4. The van der Waals surface area contributed by atoms with Crippen LogP contribution in [0.5, 0.6) is 0 Å². The van der Waals surface area contributed by atoms with E-state index in [9.17, 15) is 29.3 Å². The number of non-ortho nitro benzene ring substituents is 1. The van der Waals surface area contributed by atoms with Crippen molar-refractivity contribution in [2.24, 2.45) is 23.7 Å². The molecule has 1 aliphatic heterocycles. The van der Waals surface area contributed by atoms with E-state index in [4.69, 9.17) is 9.72 Å². The number of ketones is 1. The molecule has 46 heavy (non-hydrogen) atoms. The third-order valence-corrected chi connectivity index (χ3v) is 12.5. The second-order valence-corrected chi connectivity index (χ2v) is 14.1. The number of fused-ring (bicyclic) bond motifs is 6. The molecule has 0 spiro atoms. The minimum Gasteiger partial charge on any atom is -0.454 e. The van der Waals surface area contributed by atoms with Gasteiger partial charge in [-0.1, -0.05) is 55.6 Å². The molecule has 0 N–H and O–H groups in total. The Hall–Kier alpha value is -4.29. The normalized spacial score (nSPS) is 24.8. The summed E-state index contributed by atoms with van der Waals surface area (Å²) in [5.41, 5.74) is 3.30. The number of nitrogens with zero attached hydrogens (tertiary/aromatic N) is 3. The zero-order valence-corrected chi connectivity index (χ0v) is 27.4. The predicted octanol–water partition coefficient (Wildman–Crippen LogP) is 6.44. The van der Waals surface area contributed by atoms with Crippen molar-refractivity contribution >= 4 is 77.7 Å². The second kappa shape index (κ2) is 11.5. The fourth-order valence-electron chi connectivity index (χ4n) is 7.10. The van der Waals surface area contributed by atoms with E-state index in [-0.39, 0.29) is 62.0 Å². The molecule has 232 valence electrons. The summed E-state index contributed by atoms with van der Waals surface area (Å²) in [4.78, 5) is 69.7. The van der Waals surface area contributed by atoms with Crippen LogP contribution in [0, 0.1) is 40.7 Å². The number of Topliss-reactive ketones (excluding diaryl/α,β-unsaturated/α-hetero) is 1. The van der Waals surface area contributed by atoms with Gasteiger partial charge in [0.05, 0.1) is 39.2 Å². The zero-order valence-electron chi connectivity index (χ0n) is 24.3. The number of halogens is 2. The van der Waals surface area contributed by atoms with E-state index in [1.165, 1.54) is 29.2 Å². The summed E-state index contributed by atoms with van der Waals surface area (Å²) in [6.07, 6.45) is 0.856. The topological polar surface area (TPSA) is 137 Å². The Morgan fingerprint density at radius 2 is 1.57 bits per heavy atom. The van der Waals surface area contributed by atoms with Gasteiger partial charge in [0, 0.05) is 38.3 Å². The fraction of sp³-hybridized carbons (Fsp3) is 0.265. The summed E-state index contributed by atoms with van der Waals surface area (Å²) >= 11 is 7.44. The molecule has 10 nitrogen and oxygen atoms in total. The number of hydrogen-bond donors (Lipinski definition) is 0. The van der Waals surface area contributed by atoms with Gasteiger partial charge in [-0.2, -0.15) is 0 Å². The first kappa shape index (κ1) is 30.4. The van der Waals surface area contributed by atoms with Crippen molar-refractivity contribution in [3.05, 3.63) is 99.6 Å². The molecule has 3 fully saturated rings. The zero-order chi connectivity index (χ0) is 32.4.